The minimum absolute atomic E-state index is 0.00539. The van der Waals surface area contributed by atoms with E-state index in [1.807, 2.05) is 56.3 Å². The van der Waals surface area contributed by atoms with Crippen LogP contribution in [-0.4, -0.2) is 16.8 Å². The minimum atomic E-state index is -0.0540. The first-order valence-electron chi connectivity index (χ1n) is 9.52. The molecule has 0 saturated carbocycles. The highest BCUT2D eigenvalue weighted by Gasteiger charge is 2.08. The molecule has 1 aromatic heterocycles. The van der Waals surface area contributed by atoms with Crippen LogP contribution in [0.25, 0.3) is 10.2 Å². The molecule has 0 aliphatic carbocycles. The Bertz CT molecular complexity index is 915. The highest BCUT2D eigenvalue weighted by molar-refractivity contribution is 7.18. The van der Waals surface area contributed by atoms with Crippen LogP contribution < -0.4 is 10.6 Å². The molecule has 3 rings (SSSR count). The van der Waals surface area contributed by atoms with Crippen LogP contribution in [0.4, 0.5) is 5.69 Å². The van der Waals surface area contributed by atoms with E-state index in [0.717, 1.165) is 34.6 Å². The lowest BCUT2D eigenvalue weighted by Gasteiger charge is -2.09. The number of aryl methyl sites for hydroxylation is 1. The Balaban J connectivity index is 1.39. The Labute approximate surface area is 169 Å². The van der Waals surface area contributed by atoms with Gasteiger partial charge in [-0.2, -0.15) is 0 Å². The number of carbonyl (C=O) groups excluding carboxylic acids is 2. The third kappa shape index (κ3) is 5.63. The third-order valence-electron chi connectivity index (χ3n) is 4.37. The number of carbonyl (C=O) groups is 2. The van der Waals surface area contributed by atoms with E-state index in [0.29, 0.717) is 13.0 Å². The molecule has 28 heavy (non-hydrogen) atoms. The molecule has 5 nitrogen and oxygen atoms in total. The maximum atomic E-state index is 12.1. The summed E-state index contributed by atoms with van der Waals surface area (Å²) in [5.74, 6) is -0.0193. The van der Waals surface area contributed by atoms with Gasteiger partial charge in [0.1, 0.15) is 0 Å². The van der Waals surface area contributed by atoms with Gasteiger partial charge in [0.15, 0.2) is 0 Å². The van der Waals surface area contributed by atoms with Crippen LogP contribution in [0, 0.1) is 5.92 Å². The molecular weight excluding hydrogens is 370 g/mol. The second-order valence-electron chi connectivity index (χ2n) is 7.05. The number of anilines is 1. The number of thiazole rings is 1. The molecule has 2 aromatic carbocycles. The quantitative estimate of drug-likeness (QED) is 0.589. The van der Waals surface area contributed by atoms with Gasteiger partial charge in [0.05, 0.1) is 15.2 Å². The van der Waals surface area contributed by atoms with Crippen molar-refractivity contribution in [1.29, 1.82) is 0 Å². The van der Waals surface area contributed by atoms with E-state index in [9.17, 15) is 9.59 Å². The average Bonchev–Trinajstić information content (AvgIpc) is 3.10. The topological polar surface area (TPSA) is 71.1 Å². The number of nitrogens with one attached hydrogen (secondary N) is 2. The van der Waals surface area contributed by atoms with Gasteiger partial charge in [0.25, 0.3) is 0 Å². The molecule has 0 fully saturated rings. The van der Waals surface area contributed by atoms with Crippen molar-refractivity contribution < 1.29 is 9.59 Å². The van der Waals surface area contributed by atoms with Gasteiger partial charge in [-0.25, -0.2) is 4.98 Å². The Kier molecular flexibility index (Phi) is 6.76. The van der Waals surface area contributed by atoms with E-state index in [2.05, 4.69) is 21.7 Å². The summed E-state index contributed by atoms with van der Waals surface area (Å²) in [6.45, 7) is 4.20. The van der Waals surface area contributed by atoms with Gasteiger partial charge in [0.2, 0.25) is 11.8 Å². The molecule has 146 valence electrons. The normalized spacial score (nSPS) is 11.0. The van der Waals surface area contributed by atoms with E-state index in [4.69, 9.17) is 0 Å². The molecule has 6 heteroatoms. The molecule has 0 saturated heterocycles. The zero-order valence-corrected chi connectivity index (χ0v) is 17.0. The van der Waals surface area contributed by atoms with Gasteiger partial charge in [-0.15, -0.1) is 11.3 Å². The van der Waals surface area contributed by atoms with E-state index >= 15 is 0 Å². The largest absolute Gasteiger partial charge is 0.352 e. The second-order valence-corrected chi connectivity index (χ2v) is 8.16. The Morgan fingerprint density at radius 3 is 2.54 bits per heavy atom. The summed E-state index contributed by atoms with van der Waals surface area (Å²) in [5, 5.41) is 6.88. The Morgan fingerprint density at radius 2 is 1.82 bits per heavy atom. The molecule has 0 aliphatic rings. The highest BCUT2D eigenvalue weighted by Crippen LogP contribution is 2.22. The first-order valence-corrected chi connectivity index (χ1v) is 10.3. The molecule has 0 spiro atoms. The SMILES string of the molecule is CC(C)C(=O)Nc1ccc(CNC(=O)CCCc2nc3ccccc3s2)cc1. The number of benzene rings is 2. The standard InChI is InChI=1S/C22H25N3O2S/c1-15(2)22(27)24-17-12-10-16(11-13-17)14-23-20(26)8-5-9-21-25-18-6-3-4-7-19(18)28-21/h3-4,6-7,10-13,15H,5,8-9,14H2,1-2H3,(H,23,26)(H,24,27). The van der Waals surface area contributed by atoms with Crippen molar-refractivity contribution in [2.75, 3.05) is 5.32 Å². The van der Waals surface area contributed by atoms with Gasteiger partial charge in [-0.1, -0.05) is 38.1 Å². The van der Waals surface area contributed by atoms with Crippen molar-refractivity contribution in [3.05, 3.63) is 59.1 Å². The van der Waals surface area contributed by atoms with Crippen LogP contribution in [-0.2, 0) is 22.6 Å². The van der Waals surface area contributed by atoms with Crippen molar-refractivity contribution in [1.82, 2.24) is 10.3 Å². The molecule has 2 amide bonds. The number of hydrogen-bond donors (Lipinski definition) is 2. The summed E-state index contributed by atoms with van der Waals surface area (Å²) in [6.07, 6.45) is 2.08. The fraction of sp³-hybridized carbons (Fsp3) is 0.318. The second kappa shape index (κ2) is 9.46. The fourth-order valence-corrected chi connectivity index (χ4v) is 3.72. The molecular formula is C22H25N3O2S. The summed E-state index contributed by atoms with van der Waals surface area (Å²) >= 11 is 1.69. The third-order valence-corrected chi connectivity index (χ3v) is 5.46. The van der Waals surface area contributed by atoms with Crippen LogP contribution in [0.1, 0.15) is 37.3 Å². The monoisotopic (exact) mass is 395 g/mol. The number of para-hydroxylation sites is 1. The molecule has 0 atom stereocenters. The van der Waals surface area contributed by atoms with Crippen molar-refractivity contribution in [3.63, 3.8) is 0 Å². The van der Waals surface area contributed by atoms with Crippen molar-refractivity contribution in [2.45, 2.75) is 39.7 Å². The zero-order chi connectivity index (χ0) is 19.9. The van der Waals surface area contributed by atoms with Crippen molar-refractivity contribution >= 4 is 39.1 Å². The maximum Gasteiger partial charge on any atom is 0.226 e. The number of aromatic nitrogens is 1. The average molecular weight is 396 g/mol. The Hall–Kier alpha value is -2.73. The predicted molar refractivity (Wildman–Crippen MR) is 114 cm³/mol. The van der Waals surface area contributed by atoms with Gasteiger partial charge >= 0.3 is 0 Å². The van der Waals surface area contributed by atoms with Gasteiger partial charge in [-0.3, -0.25) is 9.59 Å². The smallest absolute Gasteiger partial charge is 0.226 e. The minimum Gasteiger partial charge on any atom is -0.352 e. The lowest BCUT2D eigenvalue weighted by Crippen LogP contribution is -2.22. The van der Waals surface area contributed by atoms with E-state index in [1.54, 1.807) is 11.3 Å². The lowest BCUT2D eigenvalue weighted by molar-refractivity contribution is -0.121. The van der Waals surface area contributed by atoms with E-state index < -0.39 is 0 Å². The molecule has 3 aromatic rings. The van der Waals surface area contributed by atoms with Crippen LogP contribution in [0.5, 0.6) is 0 Å². The summed E-state index contributed by atoms with van der Waals surface area (Å²) in [6, 6.07) is 15.6. The van der Waals surface area contributed by atoms with Gasteiger partial charge in [-0.05, 0) is 42.7 Å². The van der Waals surface area contributed by atoms with E-state index in [1.165, 1.54) is 4.70 Å². The molecule has 0 bridgehead atoms. The summed E-state index contributed by atoms with van der Waals surface area (Å²) in [5.41, 5.74) is 2.80. The fourth-order valence-electron chi connectivity index (χ4n) is 2.71. The van der Waals surface area contributed by atoms with Gasteiger partial charge in [0, 0.05) is 24.6 Å². The number of rotatable bonds is 8. The molecule has 0 radical (unpaired) electrons. The Morgan fingerprint density at radius 1 is 1.07 bits per heavy atom. The number of amides is 2. The molecule has 1 heterocycles. The zero-order valence-electron chi connectivity index (χ0n) is 16.2. The summed E-state index contributed by atoms with van der Waals surface area (Å²) < 4.78 is 1.19. The van der Waals surface area contributed by atoms with Crippen molar-refractivity contribution in [3.8, 4) is 0 Å². The van der Waals surface area contributed by atoms with Crippen LogP contribution in [0.2, 0.25) is 0 Å². The highest BCUT2D eigenvalue weighted by atomic mass is 32.1. The van der Waals surface area contributed by atoms with Crippen LogP contribution in [0.3, 0.4) is 0 Å². The molecule has 2 N–H and O–H groups in total. The number of fused-ring (bicyclic) bond motifs is 1. The van der Waals surface area contributed by atoms with Crippen molar-refractivity contribution in [2.24, 2.45) is 5.92 Å². The van der Waals surface area contributed by atoms with Gasteiger partial charge < -0.3 is 10.6 Å². The summed E-state index contributed by atoms with van der Waals surface area (Å²) in [4.78, 5) is 28.4. The van der Waals surface area contributed by atoms with Crippen LogP contribution >= 0.6 is 11.3 Å². The van der Waals surface area contributed by atoms with Crippen LogP contribution in [0.15, 0.2) is 48.5 Å². The lowest BCUT2D eigenvalue weighted by atomic mass is 10.1. The first kappa shape index (κ1) is 20.0. The molecule has 0 unspecified atom stereocenters. The maximum absolute atomic E-state index is 12.1. The molecule has 0 aliphatic heterocycles. The first-order chi connectivity index (χ1) is 13.5. The number of nitrogens with zero attached hydrogens (tertiary/aromatic N) is 1. The van der Waals surface area contributed by atoms with E-state index in [-0.39, 0.29) is 17.7 Å². The number of hydrogen-bond acceptors (Lipinski definition) is 4. The summed E-state index contributed by atoms with van der Waals surface area (Å²) in [7, 11) is 0. The predicted octanol–water partition coefficient (Wildman–Crippen LogP) is 4.53.